The highest BCUT2D eigenvalue weighted by Gasteiger charge is 2.35. The van der Waals surface area contributed by atoms with Crippen molar-refractivity contribution in [3.8, 4) is 0 Å². The number of halogens is 2. The number of pyridine rings is 1. The number of nitrogens with one attached hydrogen (secondary N) is 1. The number of benzene rings is 1. The lowest BCUT2D eigenvalue weighted by atomic mass is 9.85. The number of aliphatic hydroxyl groups is 1. The summed E-state index contributed by atoms with van der Waals surface area (Å²) in [5.74, 6) is 0. The Morgan fingerprint density at radius 1 is 1.20 bits per heavy atom. The Bertz CT molecular complexity index is 1290. The van der Waals surface area contributed by atoms with E-state index in [0.29, 0.717) is 21.1 Å². The molecule has 10 nitrogen and oxygen atoms in total. The van der Waals surface area contributed by atoms with Crippen molar-refractivity contribution in [3.05, 3.63) is 52.9 Å². The highest BCUT2D eigenvalue weighted by molar-refractivity contribution is 7.89. The fraction of sp³-hybridized carbons (Fsp3) is 0.409. The number of hydrogen-bond donors (Lipinski definition) is 3. The molecule has 2 aromatic heterocycles. The maximum Gasteiger partial charge on any atom is 0.407 e. The summed E-state index contributed by atoms with van der Waals surface area (Å²) in [6, 6.07) is 7.12. The third kappa shape index (κ3) is 6.62. The second-order valence-corrected chi connectivity index (χ2v) is 11.7. The first-order valence-electron chi connectivity index (χ1n) is 10.7. The summed E-state index contributed by atoms with van der Waals surface area (Å²) in [6.07, 6.45) is 0.365. The van der Waals surface area contributed by atoms with E-state index >= 15 is 0 Å². The number of fused-ring (bicyclic) bond motifs is 1. The zero-order chi connectivity index (χ0) is 26.0. The summed E-state index contributed by atoms with van der Waals surface area (Å²) in [7, 11) is -3.96. The quantitative estimate of drug-likeness (QED) is 0.375. The van der Waals surface area contributed by atoms with Crippen molar-refractivity contribution in [1.29, 1.82) is 0 Å². The lowest BCUT2D eigenvalue weighted by Gasteiger charge is -2.39. The molecule has 0 bridgehead atoms. The normalized spacial score (nSPS) is 14.1. The number of carboxylic acid groups (broad SMARTS) is 1. The molecule has 1 aromatic carbocycles. The summed E-state index contributed by atoms with van der Waals surface area (Å²) in [5, 5.41) is 21.1. The first-order chi connectivity index (χ1) is 16.3. The van der Waals surface area contributed by atoms with Gasteiger partial charge >= 0.3 is 6.09 Å². The molecule has 3 rings (SSSR count). The lowest BCUT2D eigenvalue weighted by molar-refractivity contribution is 0.0399. The minimum Gasteiger partial charge on any atom is -0.465 e. The summed E-state index contributed by atoms with van der Waals surface area (Å²) < 4.78 is 28.8. The third-order valence-corrected chi connectivity index (χ3v) is 7.54. The zero-order valence-electron chi connectivity index (χ0n) is 19.4. The second-order valence-electron chi connectivity index (χ2n) is 9.14. The highest BCUT2D eigenvalue weighted by atomic mass is 35.5. The van der Waals surface area contributed by atoms with E-state index in [0.717, 1.165) is 4.90 Å². The first kappa shape index (κ1) is 27.2. The summed E-state index contributed by atoms with van der Waals surface area (Å²) in [6.45, 7) is 5.16. The molecule has 0 unspecified atom stereocenters. The van der Waals surface area contributed by atoms with Crippen LogP contribution in [0.4, 0.5) is 4.79 Å². The van der Waals surface area contributed by atoms with Gasteiger partial charge in [-0.1, -0.05) is 50.0 Å². The van der Waals surface area contributed by atoms with Gasteiger partial charge in [0.25, 0.3) is 10.0 Å². The predicted octanol–water partition coefficient (Wildman–Crippen LogP) is 3.47. The largest absolute Gasteiger partial charge is 0.465 e. The van der Waals surface area contributed by atoms with Crippen LogP contribution in [0.1, 0.15) is 20.8 Å². The monoisotopic (exact) mass is 543 g/mol. The SMILES string of the molecule is CC(C)(C)[C@@H](Cn1cnc2cc(Cl)c(Cl)cc21)N(C[C@H](O)CNS(=O)(=O)c1ccccn1)C(=O)O. The minimum atomic E-state index is -3.96. The molecule has 2 atom stereocenters. The number of rotatable bonds is 9. The number of imidazole rings is 1. The van der Waals surface area contributed by atoms with Crippen LogP contribution in [0.5, 0.6) is 0 Å². The molecule has 0 saturated carbocycles. The first-order valence-corrected chi connectivity index (χ1v) is 12.9. The molecule has 13 heteroatoms. The predicted molar refractivity (Wildman–Crippen MR) is 133 cm³/mol. The maximum atomic E-state index is 12.4. The van der Waals surface area contributed by atoms with Gasteiger partial charge in [-0.05, 0) is 29.7 Å². The van der Waals surface area contributed by atoms with Crippen LogP contribution in [0.2, 0.25) is 10.0 Å². The van der Waals surface area contributed by atoms with Crippen molar-refractivity contribution in [2.45, 2.75) is 44.5 Å². The van der Waals surface area contributed by atoms with Crippen LogP contribution in [0.15, 0.2) is 47.9 Å². The zero-order valence-corrected chi connectivity index (χ0v) is 21.7. The van der Waals surface area contributed by atoms with E-state index < -0.39 is 33.7 Å². The van der Waals surface area contributed by atoms with Gasteiger partial charge in [0, 0.05) is 19.3 Å². The topological polar surface area (TPSA) is 138 Å². The van der Waals surface area contributed by atoms with Crippen LogP contribution in [0.25, 0.3) is 11.0 Å². The number of nitrogens with zero attached hydrogens (tertiary/aromatic N) is 4. The van der Waals surface area contributed by atoms with Crippen LogP contribution >= 0.6 is 23.2 Å². The molecular weight excluding hydrogens is 517 g/mol. The van der Waals surface area contributed by atoms with Gasteiger partial charge in [-0.2, -0.15) is 0 Å². The van der Waals surface area contributed by atoms with Crippen molar-refractivity contribution < 1.29 is 23.4 Å². The van der Waals surface area contributed by atoms with Crippen molar-refractivity contribution in [3.63, 3.8) is 0 Å². The van der Waals surface area contributed by atoms with E-state index in [1.807, 2.05) is 20.8 Å². The summed E-state index contributed by atoms with van der Waals surface area (Å²) >= 11 is 12.2. The standard InChI is InChI=1S/C22H27Cl2N5O5S/c1-22(2,3)19(12-28-13-26-17-8-15(23)16(24)9-18(17)28)29(21(31)32)11-14(30)10-27-35(33,34)20-6-4-5-7-25-20/h4-9,13-14,19,27,30H,10-12H2,1-3H3,(H,31,32)/t14-,19-/m1/s1. The lowest BCUT2D eigenvalue weighted by Crippen LogP contribution is -2.53. The fourth-order valence-electron chi connectivity index (χ4n) is 3.64. The number of amides is 1. The van der Waals surface area contributed by atoms with Gasteiger partial charge in [0.05, 0.1) is 46.1 Å². The molecule has 1 amide bonds. The Balaban J connectivity index is 1.80. The van der Waals surface area contributed by atoms with Crippen molar-refractivity contribution in [2.75, 3.05) is 13.1 Å². The van der Waals surface area contributed by atoms with Gasteiger partial charge in [-0.15, -0.1) is 0 Å². The molecular formula is C22H27Cl2N5O5S. The molecule has 0 aliphatic rings. The Hall–Kier alpha value is -2.44. The Labute approximate surface area is 213 Å². The van der Waals surface area contributed by atoms with Gasteiger partial charge in [0.15, 0.2) is 5.03 Å². The smallest absolute Gasteiger partial charge is 0.407 e. The number of hydrogen-bond acceptors (Lipinski definition) is 6. The molecule has 3 aromatic rings. The third-order valence-electron chi connectivity index (χ3n) is 5.48. The van der Waals surface area contributed by atoms with Crippen molar-refractivity contribution in [2.24, 2.45) is 5.41 Å². The average Bonchev–Trinajstić information content (AvgIpc) is 3.16. The number of carbonyl (C=O) groups is 1. The molecule has 35 heavy (non-hydrogen) atoms. The summed E-state index contributed by atoms with van der Waals surface area (Å²) in [5.41, 5.74) is 0.749. The van der Waals surface area contributed by atoms with E-state index in [1.54, 1.807) is 29.1 Å². The molecule has 0 radical (unpaired) electrons. The molecule has 0 saturated heterocycles. The van der Waals surface area contributed by atoms with Gasteiger partial charge in [0.2, 0.25) is 0 Å². The van der Waals surface area contributed by atoms with Crippen LogP contribution < -0.4 is 4.72 Å². The van der Waals surface area contributed by atoms with E-state index in [9.17, 15) is 23.4 Å². The van der Waals surface area contributed by atoms with E-state index in [1.165, 1.54) is 18.3 Å². The number of aliphatic hydroxyl groups excluding tert-OH is 1. The molecule has 0 fully saturated rings. The van der Waals surface area contributed by atoms with E-state index in [4.69, 9.17) is 23.2 Å². The molecule has 0 aliphatic carbocycles. The number of sulfonamides is 1. The molecule has 0 aliphatic heterocycles. The Kier molecular flexibility index (Phi) is 8.28. The molecule has 0 spiro atoms. The van der Waals surface area contributed by atoms with E-state index in [2.05, 4.69) is 14.7 Å². The Morgan fingerprint density at radius 2 is 1.89 bits per heavy atom. The fourth-order valence-corrected chi connectivity index (χ4v) is 4.97. The van der Waals surface area contributed by atoms with Gasteiger partial charge in [-0.25, -0.2) is 27.9 Å². The van der Waals surface area contributed by atoms with Gasteiger partial charge < -0.3 is 19.7 Å². The number of aromatic nitrogens is 3. The van der Waals surface area contributed by atoms with Crippen LogP contribution in [0, 0.1) is 5.41 Å². The molecule has 3 N–H and O–H groups in total. The molecule has 190 valence electrons. The van der Waals surface area contributed by atoms with Crippen LogP contribution in [-0.4, -0.2) is 69.4 Å². The van der Waals surface area contributed by atoms with Crippen LogP contribution in [0.3, 0.4) is 0 Å². The van der Waals surface area contributed by atoms with Gasteiger partial charge in [0.1, 0.15) is 0 Å². The second kappa shape index (κ2) is 10.7. The Morgan fingerprint density at radius 3 is 2.49 bits per heavy atom. The molecule has 2 heterocycles. The van der Waals surface area contributed by atoms with Crippen LogP contribution in [-0.2, 0) is 16.6 Å². The average molecular weight is 544 g/mol. The van der Waals surface area contributed by atoms with Crippen molar-refractivity contribution >= 4 is 50.4 Å². The van der Waals surface area contributed by atoms with Gasteiger partial charge in [-0.3, -0.25) is 0 Å². The van der Waals surface area contributed by atoms with E-state index in [-0.39, 0.29) is 24.7 Å². The highest BCUT2D eigenvalue weighted by Crippen LogP contribution is 2.30. The van der Waals surface area contributed by atoms with Crippen molar-refractivity contribution in [1.82, 2.24) is 24.2 Å². The maximum absolute atomic E-state index is 12.4. The minimum absolute atomic E-state index is 0.194. The summed E-state index contributed by atoms with van der Waals surface area (Å²) in [4.78, 5) is 21.5.